The highest BCUT2D eigenvalue weighted by Crippen LogP contribution is 2.28. The van der Waals surface area contributed by atoms with E-state index in [4.69, 9.17) is 5.73 Å². The first-order valence-corrected chi connectivity index (χ1v) is 7.42. The van der Waals surface area contributed by atoms with Crippen molar-refractivity contribution in [2.45, 2.75) is 13.0 Å². The summed E-state index contributed by atoms with van der Waals surface area (Å²) in [7, 11) is 0. The molecule has 2 nitrogen and oxygen atoms in total. The second-order valence-electron chi connectivity index (χ2n) is 4.57. The SMILES string of the molecule is CCN(c1ccc(F)cc1)C(CN)c1cccc(Br)c1. The average Bonchev–Trinajstić information content (AvgIpc) is 2.46. The normalized spacial score (nSPS) is 12.2. The van der Waals surface area contributed by atoms with Gasteiger partial charge in [-0.05, 0) is 48.9 Å². The monoisotopic (exact) mass is 336 g/mol. The highest BCUT2D eigenvalue weighted by molar-refractivity contribution is 9.10. The molecule has 2 aromatic rings. The predicted octanol–water partition coefficient (Wildman–Crippen LogP) is 4.11. The third-order valence-electron chi connectivity index (χ3n) is 3.33. The molecular weight excluding hydrogens is 319 g/mol. The lowest BCUT2D eigenvalue weighted by Gasteiger charge is -2.32. The van der Waals surface area contributed by atoms with Crippen LogP contribution in [0.15, 0.2) is 53.0 Å². The summed E-state index contributed by atoms with van der Waals surface area (Å²) >= 11 is 3.49. The van der Waals surface area contributed by atoms with Crippen molar-refractivity contribution in [3.8, 4) is 0 Å². The van der Waals surface area contributed by atoms with Gasteiger partial charge in [0, 0.05) is 23.2 Å². The smallest absolute Gasteiger partial charge is 0.123 e. The van der Waals surface area contributed by atoms with Crippen LogP contribution in [0, 0.1) is 5.82 Å². The van der Waals surface area contributed by atoms with Crippen LogP contribution in [-0.4, -0.2) is 13.1 Å². The van der Waals surface area contributed by atoms with E-state index in [1.165, 1.54) is 12.1 Å². The van der Waals surface area contributed by atoms with Crippen molar-refractivity contribution in [3.63, 3.8) is 0 Å². The maximum atomic E-state index is 13.1. The van der Waals surface area contributed by atoms with Gasteiger partial charge in [-0.2, -0.15) is 0 Å². The molecular formula is C16H18BrFN2. The highest BCUT2D eigenvalue weighted by Gasteiger charge is 2.18. The minimum atomic E-state index is -0.225. The molecule has 0 aliphatic carbocycles. The number of halogens is 2. The van der Waals surface area contributed by atoms with Crippen molar-refractivity contribution in [2.24, 2.45) is 5.73 Å². The van der Waals surface area contributed by atoms with Gasteiger partial charge in [0.2, 0.25) is 0 Å². The second-order valence-corrected chi connectivity index (χ2v) is 5.48. The lowest BCUT2D eigenvalue weighted by atomic mass is 10.0. The van der Waals surface area contributed by atoms with Gasteiger partial charge in [-0.1, -0.05) is 28.1 Å². The Morgan fingerprint density at radius 2 is 1.90 bits per heavy atom. The molecule has 0 fully saturated rings. The molecule has 0 heterocycles. The van der Waals surface area contributed by atoms with E-state index >= 15 is 0 Å². The second kappa shape index (κ2) is 6.86. The van der Waals surface area contributed by atoms with Crippen molar-refractivity contribution in [3.05, 3.63) is 64.4 Å². The molecule has 0 saturated heterocycles. The Hall–Kier alpha value is -1.39. The molecule has 20 heavy (non-hydrogen) atoms. The summed E-state index contributed by atoms with van der Waals surface area (Å²) in [5.74, 6) is -0.225. The van der Waals surface area contributed by atoms with E-state index in [1.807, 2.05) is 12.1 Å². The first-order chi connectivity index (χ1) is 9.65. The maximum Gasteiger partial charge on any atom is 0.123 e. The van der Waals surface area contributed by atoms with Crippen molar-refractivity contribution in [2.75, 3.05) is 18.0 Å². The fourth-order valence-corrected chi connectivity index (χ4v) is 2.79. The molecule has 0 aliphatic rings. The minimum Gasteiger partial charge on any atom is -0.363 e. The minimum absolute atomic E-state index is 0.0722. The van der Waals surface area contributed by atoms with Crippen molar-refractivity contribution in [1.82, 2.24) is 0 Å². The molecule has 0 aromatic heterocycles. The van der Waals surface area contributed by atoms with Gasteiger partial charge in [0.25, 0.3) is 0 Å². The highest BCUT2D eigenvalue weighted by atomic mass is 79.9. The van der Waals surface area contributed by atoms with Crippen molar-refractivity contribution < 1.29 is 4.39 Å². The van der Waals surface area contributed by atoms with Gasteiger partial charge in [-0.25, -0.2) is 4.39 Å². The first-order valence-electron chi connectivity index (χ1n) is 6.63. The summed E-state index contributed by atoms with van der Waals surface area (Å²) in [5.41, 5.74) is 8.09. The molecule has 4 heteroatoms. The summed E-state index contributed by atoms with van der Waals surface area (Å²) in [4.78, 5) is 2.18. The number of nitrogens with zero attached hydrogens (tertiary/aromatic N) is 1. The molecule has 0 saturated carbocycles. The molecule has 0 amide bonds. The summed E-state index contributed by atoms with van der Waals surface area (Å²) in [6.07, 6.45) is 0. The number of anilines is 1. The Kier molecular flexibility index (Phi) is 5.15. The summed E-state index contributed by atoms with van der Waals surface area (Å²) in [5, 5.41) is 0. The molecule has 106 valence electrons. The van der Waals surface area contributed by atoms with E-state index in [0.717, 1.165) is 22.3 Å². The molecule has 0 radical (unpaired) electrons. The van der Waals surface area contributed by atoms with E-state index in [2.05, 4.69) is 39.9 Å². The van der Waals surface area contributed by atoms with Gasteiger partial charge < -0.3 is 10.6 Å². The van der Waals surface area contributed by atoms with Crippen molar-refractivity contribution >= 4 is 21.6 Å². The summed E-state index contributed by atoms with van der Waals surface area (Å²) in [6.45, 7) is 3.38. The molecule has 0 spiro atoms. The predicted molar refractivity (Wildman–Crippen MR) is 85.4 cm³/mol. The van der Waals surface area contributed by atoms with E-state index in [1.54, 1.807) is 12.1 Å². The molecule has 1 atom stereocenters. The maximum absolute atomic E-state index is 13.1. The fraction of sp³-hybridized carbons (Fsp3) is 0.250. The molecule has 2 N–H and O–H groups in total. The van der Waals surface area contributed by atoms with Crippen LogP contribution >= 0.6 is 15.9 Å². The first kappa shape index (κ1) is 15.0. The lowest BCUT2D eigenvalue weighted by molar-refractivity contribution is 0.622. The number of rotatable bonds is 5. The van der Waals surface area contributed by atoms with Crippen LogP contribution in [0.25, 0.3) is 0 Å². The van der Waals surface area contributed by atoms with Crippen LogP contribution < -0.4 is 10.6 Å². The quantitative estimate of drug-likeness (QED) is 0.889. The largest absolute Gasteiger partial charge is 0.363 e. The standard InChI is InChI=1S/C16H18BrFN2/c1-2-20(15-8-6-14(18)7-9-15)16(11-19)12-4-3-5-13(17)10-12/h3-10,16H,2,11,19H2,1H3. The van der Waals surface area contributed by atoms with Crippen LogP contribution in [0.1, 0.15) is 18.5 Å². The Labute approximate surface area is 127 Å². The van der Waals surface area contributed by atoms with Gasteiger partial charge in [0.15, 0.2) is 0 Å². The van der Waals surface area contributed by atoms with Gasteiger partial charge in [-0.15, -0.1) is 0 Å². The van der Waals surface area contributed by atoms with Crippen LogP contribution in [0.5, 0.6) is 0 Å². The van der Waals surface area contributed by atoms with Crippen LogP contribution in [-0.2, 0) is 0 Å². The summed E-state index contributed by atoms with van der Waals surface area (Å²) in [6, 6.07) is 14.7. The van der Waals surface area contributed by atoms with E-state index in [0.29, 0.717) is 6.54 Å². The number of hydrogen-bond acceptors (Lipinski definition) is 2. The van der Waals surface area contributed by atoms with Gasteiger partial charge in [0.1, 0.15) is 5.82 Å². The van der Waals surface area contributed by atoms with Crippen molar-refractivity contribution in [1.29, 1.82) is 0 Å². The Balaban J connectivity index is 2.34. The lowest BCUT2D eigenvalue weighted by Crippen LogP contribution is -2.33. The van der Waals surface area contributed by atoms with Gasteiger partial charge in [-0.3, -0.25) is 0 Å². The van der Waals surface area contributed by atoms with E-state index in [9.17, 15) is 4.39 Å². The van der Waals surface area contributed by atoms with Crippen LogP contribution in [0.2, 0.25) is 0 Å². The van der Waals surface area contributed by atoms with E-state index < -0.39 is 0 Å². The average molecular weight is 337 g/mol. The fourth-order valence-electron chi connectivity index (χ4n) is 2.37. The van der Waals surface area contributed by atoms with E-state index in [-0.39, 0.29) is 11.9 Å². The number of likely N-dealkylation sites (N-methyl/N-ethyl adjacent to an activating group) is 1. The Morgan fingerprint density at radius 3 is 2.45 bits per heavy atom. The van der Waals surface area contributed by atoms with Gasteiger partial charge >= 0.3 is 0 Å². The topological polar surface area (TPSA) is 29.3 Å². The third kappa shape index (κ3) is 3.38. The summed E-state index contributed by atoms with van der Waals surface area (Å²) < 4.78 is 14.1. The van der Waals surface area contributed by atoms with Crippen LogP contribution in [0.4, 0.5) is 10.1 Å². The number of benzene rings is 2. The molecule has 2 aromatic carbocycles. The zero-order valence-electron chi connectivity index (χ0n) is 11.4. The zero-order chi connectivity index (χ0) is 14.5. The molecule has 2 rings (SSSR count). The number of nitrogens with two attached hydrogens (primary N) is 1. The molecule has 1 unspecified atom stereocenters. The third-order valence-corrected chi connectivity index (χ3v) is 3.83. The zero-order valence-corrected chi connectivity index (χ0v) is 13.0. The Morgan fingerprint density at radius 1 is 1.20 bits per heavy atom. The molecule has 0 bridgehead atoms. The Bertz CT molecular complexity index is 557. The molecule has 0 aliphatic heterocycles. The van der Waals surface area contributed by atoms with Gasteiger partial charge in [0.05, 0.1) is 6.04 Å². The van der Waals surface area contributed by atoms with Crippen LogP contribution in [0.3, 0.4) is 0 Å². The number of hydrogen-bond donors (Lipinski definition) is 1.